The van der Waals surface area contributed by atoms with Crippen LogP contribution in [0.5, 0.6) is 0 Å². The summed E-state index contributed by atoms with van der Waals surface area (Å²) in [6, 6.07) is 14.4. The molecule has 0 aliphatic heterocycles. The van der Waals surface area contributed by atoms with Crippen LogP contribution in [-0.2, 0) is 4.79 Å². The number of hydroxylamine groups is 1. The van der Waals surface area contributed by atoms with Gasteiger partial charge in [-0.3, -0.25) is 14.8 Å². The van der Waals surface area contributed by atoms with Gasteiger partial charge in [-0.05, 0) is 36.3 Å². The van der Waals surface area contributed by atoms with Crippen molar-refractivity contribution < 1.29 is 14.8 Å². The van der Waals surface area contributed by atoms with Gasteiger partial charge < -0.3 is 0 Å². The molecule has 3 N–H and O–H groups in total. The molecule has 2 amide bonds. The number of hydrogen-bond donors (Lipinski definition) is 3. The molecule has 0 unspecified atom stereocenters. The van der Waals surface area contributed by atoms with Crippen LogP contribution in [0.15, 0.2) is 59.7 Å². The molecule has 6 heteroatoms. The Bertz CT molecular complexity index is 780. The molecule has 0 radical (unpaired) electrons. The van der Waals surface area contributed by atoms with Gasteiger partial charge in [0.25, 0.3) is 11.8 Å². The van der Waals surface area contributed by atoms with Crippen molar-refractivity contribution in [2.45, 2.75) is 6.92 Å². The predicted molar refractivity (Wildman–Crippen MR) is 91.6 cm³/mol. The Labute approximate surface area is 139 Å². The summed E-state index contributed by atoms with van der Waals surface area (Å²) in [6.07, 6.45) is 4.21. The minimum Gasteiger partial charge on any atom is -0.288 e. The molecular weight excluding hydrogens is 306 g/mol. The topological polar surface area (TPSA) is 90.8 Å². The maximum absolute atomic E-state index is 12.1. The number of aryl methyl sites for hydroxylation is 1. The van der Waals surface area contributed by atoms with Crippen LogP contribution in [0.2, 0.25) is 0 Å². The third-order valence-corrected chi connectivity index (χ3v) is 3.14. The van der Waals surface area contributed by atoms with Crippen LogP contribution in [-0.4, -0.2) is 23.2 Å². The molecule has 0 bridgehead atoms. The van der Waals surface area contributed by atoms with Gasteiger partial charge in [0, 0.05) is 11.6 Å². The van der Waals surface area contributed by atoms with Crippen molar-refractivity contribution in [3.63, 3.8) is 0 Å². The Morgan fingerprint density at radius 2 is 1.83 bits per heavy atom. The first-order chi connectivity index (χ1) is 11.6. The van der Waals surface area contributed by atoms with E-state index in [2.05, 4.69) is 10.5 Å². The minimum atomic E-state index is -0.646. The van der Waals surface area contributed by atoms with E-state index >= 15 is 0 Å². The van der Waals surface area contributed by atoms with Gasteiger partial charge in [0.05, 0.1) is 6.21 Å². The number of benzene rings is 2. The van der Waals surface area contributed by atoms with Crippen molar-refractivity contribution in [2.24, 2.45) is 5.10 Å². The number of rotatable bonds is 5. The molecule has 0 aromatic heterocycles. The van der Waals surface area contributed by atoms with E-state index in [9.17, 15) is 9.59 Å². The fraction of sp³-hybridized carbons (Fsp3) is 0.0556. The van der Waals surface area contributed by atoms with E-state index in [4.69, 9.17) is 5.21 Å². The van der Waals surface area contributed by atoms with E-state index < -0.39 is 5.91 Å². The van der Waals surface area contributed by atoms with E-state index in [0.29, 0.717) is 11.1 Å². The normalized spacial score (nSPS) is 10.9. The number of nitrogens with zero attached hydrogens (tertiary/aromatic N) is 1. The predicted octanol–water partition coefficient (Wildman–Crippen LogP) is 2.28. The first-order valence-electron chi connectivity index (χ1n) is 7.21. The number of carbonyl (C=O) groups is 2. The minimum absolute atomic E-state index is 0.361. The molecule has 0 heterocycles. The van der Waals surface area contributed by atoms with Crippen LogP contribution in [0, 0.1) is 6.92 Å². The molecule has 24 heavy (non-hydrogen) atoms. The highest BCUT2D eigenvalue weighted by Crippen LogP contribution is 2.07. The fourth-order valence-corrected chi connectivity index (χ4v) is 1.88. The summed E-state index contributed by atoms with van der Waals surface area (Å²) in [5, 5.41) is 12.4. The van der Waals surface area contributed by atoms with Crippen molar-refractivity contribution in [3.8, 4) is 0 Å². The molecular formula is C18H17N3O3. The van der Waals surface area contributed by atoms with E-state index in [-0.39, 0.29) is 5.91 Å². The molecule has 122 valence electrons. The SMILES string of the molecule is Cc1ccc(C=NNC(=O)c2cccc(C=CC(=O)NO)c2)cc1. The van der Waals surface area contributed by atoms with Gasteiger partial charge in [-0.1, -0.05) is 42.0 Å². The van der Waals surface area contributed by atoms with Crippen molar-refractivity contribution in [3.05, 3.63) is 76.9 Å². The maximum atomic E-state index is 12.1. The van der Waals surface area contributed by atoms with Crippen molar-refractivity contribution in [2.75, 3.05) is 0 Å². The Balaban J connectivity index is 2.00. The lowest BCUT2D eigenvalue weighted by Gasteiger charge is -2.01. The van der Waals surface area contributed by atoms with Crippen molar-refractivity contribution in [1.29, 1.82) is 0 Å². The van der Waals surface area contributed by atoms with Crippen LogP contribution in [0.3, 0.4) is 0 Å². The van der Waals surface area contributed by atoms with Gasteiger partial charge in [-0.25, -0.2) is 10.9 Å². The summed E-state index contributed by atoms with van der Waals surface area (Å²) in [7, 11) is 0. The van der Waals surface area contributed by atoms with Gasteiger partial charge in [-0.2, -0.15) is 5.10 Å². The third kappa shape index (κ3) is 5.19. The Morgan fingerprint density at radius 1 is 1.08 bits per heavy atom. The monoisotopic (exact) mass is 323 g/mol. The summed E-state index contributed by atoms with van der Waals surface area (Å²) in [4.78, 5) is 23.0. The highest BCUT2D eigenvalue weighted by Gasteiger charge is 2.04. The summed E-state index contributed by atoms with van der Waals surface area (Å²) in [5.41, 5.74) is 7.03. The first kappa shape index (κ1) is 17.1. The lowest BCUT2D eigenvalue weighted by atomic mass is 10.1. The number of amides is 2. The fourth-order valence-electron chi connectivity index (χ4n) is 1.88. The summed E-state index contributed by atoms with van der Waals surface area (Å²) in [5.74, 6) is -1.01. The average molecular weight is 323 g/mol. The lowest BCUT2D eigenvalue weighted by Crippen LogP contribution is -2.17. The number of carbonyl (C=O) groups excluding carboxylic acids is 2. The molecule has 0 spiro atoms. The number of hydrazone groups is 1. The zero-order valence-electron chi connectivity index (χ0n) is 13.1. The van der Waals surface area contributed by atoms with Gasteiger partial charge in [0.15, 0.2) is 0 Å². The summed E-state index contributed by atoms with van der Waals surface area (Å²) < 4.78 is 0. The molecule has 0 saturated carbocycles. The van der Waals surface area contributed by atoms with Gasteiger partial charge in [-0.15, -0.1) is 0 Å². The number of hydrogen-bond acceptors (Lipinski definition) is 4. The molecule has 2 aromatic carbocycles. The van der Waals surface area contributed by atoms with Crippen molar-refractivity contribution in [1.82, 2.24) is 10.9 Å². The second kappa shape index (κ2) is 8.40. The largest absolute Gasteiger partial charge is 0.288 e. The third-order valence-electron chi connectivity index (χ3n) is 3.14. The zero-order valence-corrected chi connectivity index (χ0v) is 13.1. The molecule has 6 nitrogen and oxygen atoms in total. The number of nitrogens with one attached hydrogen (secondary N) is 2. The Hall–Kier alpha value is -3.25. The van der Waals surface area contributed by atoms with E-state index in [1.807, 2.05) is 31.2 Å². The molecule has 0 atom stereocenters. The summed E-state index contributed by atoms with van der Waals surface area (Å²) >= 11 is 0. The first-order valence-corrected chi connectivity index (χ1v) is 7.21. The van der Waals surface area contributed by atoms with Gasteiger partial charge in [0.2, 0.25) is 0 Å². The van der Waals surface area contributed by atoms with Crippen LogP contribution in [0.4, 0.5) is 0 Å². The maximum Gasteiger partial charge on any atom is 0.271 e. The van der Waals surface area contributed by atoms with Crippen LogP contribution >= 0.6 is 0 Å². The van der Waals surface area contributed by atoms with Gasteiger partial charge >= 0.3 is 0 Å². The summed E-state index contributed by atoms with van der Waals surface area (Å²) in [6.45, 7) is 1.99. The quantitative estimate of drug-likeness (QED) is 0.341. The Kier molecular flexibility index (Phi) is 5.99. The van der Waals surface area contributed by atoms with Crippen molar-refractivity contribution >= 4 is 24.1 Å². The molecule has 2 aromatic rings. The zero-order chi connectivity index (χ0) is 17.4. The second-order valence-electron chi connectivity index (χ2n) is 5.04. The molecule has 0 saturated heterocycles. The van der Waals surface area contributed by atoms with Crippen LogP contribution in [0.25, 0.3) is 6.08 Å². The van der Waals surface area contributed by atoms with Crippen LogP contribution in [0.1, 0.15) is 27.0 Å². The average Bonchev–Trinajstić information content (AvgIpc) is 2.61. The lowest BCUT2D eigenvalue weighted by molar-refractivity contribution is -0.124. The van der Waals surface area contributed by atoms with E-state index in [1.165, 1.54) is 11.6 Å². The van der Waals surface area contributed by atoms with E-state index in [0.717, 1.165) is 17.2 Å². The molecule has 0 aliphatic rings. The highest BCUT2D eigenvalue weighted by atomic mass is 16.5. The molecule has 0 fully saturated rings. The second-order valence-corrected chi connectivity index (χ2v) is 5.04. The molecule has 0 aliphatic carbocycles. The Morgan fingerprint density at radius 3 is 2.54 bits per heavy atom. The van der Waals surface area contributed by atoms with E-state index in [1.54, 1.807) is 30.5 Å². The molecule has 2 rings (SSSR count). The standard InChI is InChI=1S/C18H17N3O3/c1-13-5-7-15(8-6-13)12-19-20-18(23)16-4-2-3-14(11-16)9-10-17(22)21-24/h2-12,24H,1H3,(H,20,23)(H,21,22). The van der Waals surface area contributed by atoms with Crippen LogP contribution < -0.4 is 10.9 Å². The van der Waals surface area contributed by atoms with Gasteiger partial charge in [0.1, 0.15) is 0 Å². The smallest absolute Gasteiger partial charge is 0.271 e. The highest BCUT2D eigenvalue weighted by molar-refractivity contribution is 5.96.